The second-order valence-electron chi connectivity index (χ2n) is 8.66. The van der Waals surface area contributed by atoms with Crippen LogP contribution in [0.25, 0.3) is 0 Å². The van der Waals surface area contributed by atoms with Gasteiger partial charge in [0, 0.05) is 10.8 Å². The van der Waals surface area contributed by atoms with Crippen LogP contribution in [-0.2, 0) is 4.79 Å². The first kappa shape index (κ1) is 11.3. The van der Waals surface area contributed by atoms with Crippen LogP contribution >= 0.6 is 0 Å². The molecule has 5 aliphatic carbocycles. The first-order valence-electron chi connectivity index (χ1n) is 8.78. The predicted molar refractivity (Wildman–Crippen MR) is 74.6 cm³/mol. The number of rotatable bonds is 0. The lowest BCUT2D eigenvalue weighted by molar-refractivity contribution is -0.152. The Hall–Kier alpha value is -0.330. The van der Waals surface area contributed by atoms with Gasteiger partial charge in [0.25, 0.3) is 0 Å². The van der Waals surface area contributed by atoms with E-state index in [1.807, 2.05) is 0 Å². The number of hydrogen-bond acceptors (Lipinski definition) is 1. The largest absolute Gasteiger partial charge is 0.298 e. The van der Waals surface area contributed by atoms with Gasteiger partial charge in [-0.05, 0) is 75.0 Å². The normalized spacial score (nSPS) is 58.8. The Kier molecular flexibility index (Phi) is 2.07. The Morgan fingerprint density at radius 1 is 0.789 bits per heavy atom. The highest BCUT2D eigenvalue weighted by molar-refractivity contribution is 5.92. The zero-order valence-electron chi connectivity index (χ0n) is 12.0. The van der Waals surface area contributed by atoms with E-state index in [1.165, 1.54) is 70.6 Å². The molecule has 0 N–H and O–H groups in total. The van der Waals surface area contributed by atoms with Gasteiger partial charge in [-0.3, -0.25) is 4.79 Å². The fraction of sp³-hybridized carbons (Fsp3) is 0.944. The zero-order valence-corrected chi connectivity index (χ0v) is 12.0. The first-order valence-corrected chi connectivity index (χ1v) is 8.78. The van der Waals surface area contributed by atoms with Gasteiger partial charge < -0.3 is 0 Å². The van der Waals surface area contributed by atoms with E-state index in [9.17, 15) is 4.79 Å². The Morgan fingerprint density at radius 3 is 1.68 bits per heavy atom. The van der Waals surface area contributed by atoms with Crippen LogP contribution in [0.5, 0.6) is 0 Å². The topological polar surface area (TPSA) is 17.1 Å². The molecule has 0 aromatic rings. The standard InChI is InChI=1S/C18H26O/c19-16-17(10-12-2-4-14(17)8-12)6-1-7-18(16)11-13-3-5-15(18)9-13/h12-15H,1-11H2. The Morgan fingerprint density at radius 2 is 1.32 bits per heavy atom. The summed E-state index contributed by atoms with van der Waals surface area (Å²) in [7, 11) is 0. The number of ketones is 1. The summed E-state index contributed by atoms with van der Waals surface area (Å²) in [6.07, 6.45) is 14.9. The molecular formula is C18H26O. The summed E-state index contributed by atoms with van der Waals surface area (Å²) in [5, 5.41) is 0. The van der Waals surface area contributed by atoms with Crippen LogP contribution in [0.4, 0.5) is 0 Å². The average molecular weight is 258 g/mol. The van der Waals surface area contributed by atoms with Gasteiger partial charge in [-0.1, -0.05) is 19.3 Å². The van der Waals surface area contributed by atoms with E-state index in [0.29, 0.717) is 0 Å². The van der Waals surface area contributed by atoms with Crippen molar-refractivity contribution in [3.8, 4) is 0 Å². The van der Waals surface area contributed by atoms with E-state index in [0.717, 1.165) is 29.5 Å². The molecule has 1 heteroatoms. The van der Waals surface area contributed by atoms with E-state index >= 15 is 0 Å². The molecule has 2 spiro atoms. The van der Waals surface area contributed by atoms with E-state index in [1.54, 1.807) is 0 Å². The first-order chi connectivity index (χ1) is 9.23. The van der Waals surface area contributed by atoms with Gasteiger partial charge in [0.15, 0.2) is 0 Å². The monoisotopic (exact) mass is 258 g/mol. The minimum absolute atomic E-state index is 0.186. The summed E-state index contributed by atoms with van der Waals surface area (Å²) in [4.78, 5) is 13.6. The maximum absolute atomic E-state index is 13.6. The lowest BCUT2D eigenvalue weighted by Gasteiger charge is -2.50. The van der Waals surface area contributed by atoms with Crippen molar-refractivity contribution in [3.05, 3.63) is 0 Å². The van der Waals surface area contributed by atoms with Crippen molar-refractivity contribution >= 4 is 5.78 Å². The van der Waals surface area contributed by atoms with Crippen molar-refractivity contribution in [2.24, 2.45) is 34.5 Å². The summed E-state index contributed by atoms with van der Waals surface area (Å²) in [6, 6.07) is 0. The average Bonchev–Trinajstić information content (AvgIpc) is 3.15. The number of carbonyl (C=O) groups is 1. The molecule has 5 fully saturated rings. The number of fused-ring (bicyclic) bond motifs is 6. The third-order valence-corrected chi connectivity index (χ3v) is 8.10. The van der Waals surface area contributed by atoms with Crippen molar-refractivity contribution in [2.45, 2.75) is 70.6 Å². The second-order valence-corrected chi connectivity index (χ2v) is 8.66. The molecule has 19 heavy (non-hydrogen) atoms. The number of Topliss-reactive ketones (excluding diaryl/α,β-unsaturated/α-hetero) is 1. The van der Waals surface area contributed by atoms with Gasteiger partial charge in [0.05, 0.1) is 0 Å². The molecule has 104 valence electrons. The van der Waals surface area contributed by atoms with Crippen LogP contribution in [0.3, 0.4) is 0 Å². The van der Waals surface area contributed by atoms with Crippen molar-refractivity contribution in [3.63, 3.8) is 0 Å². The Bertz CT molecular complexity index is 403. The second kappa shape index (κ2) is 3.46. The SMILES string of the molecule is O=C1C2(CCCC13CC1CCC3C1)CC1CCC2C1. The van der Waals surface area contributed by atoms with Crippen molar-refractivity contribution in [1.82, 2.24) is 0 Å². The quantitative estimate of drug-likeness (QED) is 0.631. The number of hydrogen-bond donors (Lipinski definition) is 0. The molecule has 6 atom stereocenters. The van der Waals surface area contributed by atoms with Crippen LogP contribution in [0.2, 0.25) is 0 Å². The van der Waals surface area contributed by atoms with Gasteiger partial charge in [-0.25, -0.2) is 0 Å². The molecule has 0 aromatic carbocycles. The van der Waals surface area contributed by atoms with E-state index in [4.69, 9.17) is 0 Å². The highest BCUT2D eigenvalue weighted by atomic mass is 16.1. The summed E-state index contributed by atoms with van der Waals surface area (Å²) in [5.41, 5.74) is 0.372. The Balaban J connectivity index is 1.55. The van der Waals surface area contributed by atoms with Gasteiger partial charge in [0.1, 0.15) is 5.78 Å². The molecule has 0 aliphatic heterocycles. The van der Waals surface area contributed by atoms with Gasteiger partial charge in [0.2, 0.25) is 0 Å². The van der Waals surface area contributed by atoms with Gasteiger partial charge >= 0.3 is 0 Å². The Labute approximate surface area is 116 Å². The van der Waals surface area contributed by atoms with Crippen molar-refractivity contribution < 1.29 is 4.79 Å². The number of carbonyl (C=O) groups excluding carboxylic acids is 1. The van der Waals surface area contributed by atoms with Crippen molar-refractivity contribution in [1.29, 1.82) is 0 Å². The third kappa shape index (κ3) is 1.22. The molecule has 4 bridgehead atoms. The lowest BCUT2D eigenvalue weighted by Crippen LogP contribution is -2.52. The third-order valence-electron chi connectivity index (χ3n) is 8.10. The highest BCUT2D eigenvalue weighted by Crippen LogP contribution is 2.68. The van der Waals surface area contributed by atoms with Crippen LogP contribution in [0.15, 0.2) is 0 Å². The summed E-state index contributed by atoms with van der Waals surface area (Å²) in [6.45, 7) is 0. The maximum Gasteiger partial charge on any atom is 0.145 e. The summed E-state index contributed by atoms with van der Waals surface area (Å²) < 4.78 is 0. The zero-order chi connectivity index (χ0) is 12.7. The smallest absolute Gasteiger partial charge is 0.145 e. The van der Waals surface area contributed by atoms with Gasteiger partial charge in [-0.2, -0.15) is 0 Å². The molecule has 0 saturated heterocycles. The molecule has 0 radical (unpaired) electrons. The summed E-state index contributed by atoms with van der Waals surface area (Å²) >= 11 is 0. The van der Waals surface area contributed by atoms with E-state index in [2.05, 4.69) is 0 Å². The molecule has 6 unspecified atom stereocenters. The van der Waals surface area contributed by atoms with E-state index < -0.39 is 0 Å². The molecule has 1 nitrogen and oxygen atoms in total. The van der Waals surface area contributed by atoms with Crippen LogP contribution in [0.1, 0.15) is 70.6 Å². The minimum Gasteiger partial charge on any atom is -0.298 e. The van der Waals surface area contributed by atoms with Crippen molar-refractivity contribution in [2.75, 3.05) is 0 Å². The van der Waals surface area contributed by atoms with E-state index in [-0.39, 0.29) is 10.8 Å². The predicted octanol–water partition coefficient (Wildman–Crippen LogP) is 4.35. The highest BCUT2D eigenvalue weighted by Gasteiger charge is 2.65. The molecule has 0 aromatic heterocycles. The molecular weight excluding hydrogens is 232 g/mol. The van der Waals surface area contributed by atoms with Crippen LogP contribution in [-0.4, -0.2) is 5.78 Å². The molecule has 0 heterocycles. The van der Waals surface area contributed by atoms with Crippen LogP contribution in [0, 0.1) is 34.5 Å². The van der Waals surface area contributed by atoms with Crippen LogP contribution < -0.4 is 0 Å². The molecule has 5 rings (SSSR count). The molecule has 5 aliphatic rings. The summed E-state index contributed by atoms with van der Waals surface area (Å²) in [5.74, 6) is 4.22. The maximum atomic E-state index is 13.6. The fourth-order valence-electron chi connectivity index (χ4n) is 7.50. The molecule has 5 saturated carbocycles. The molecule has 0 amide bonds. The van der Waals surface area contributed by atoms with Gasteiger partial charge in [-0.15, -0.1) is 0 Å². The lowest BCUT2D eigenvalue weighted by atomic mass is 9.52. The fourth-order valence-corrected chi connectivity index (χ4v) is 7.50. The minimum atomic E-state index is 0.186.